The lowest BCUT2D eigenvalue weighted by atomic mass is 10.2. The van der Waals surface area contributed by atoms with E-state index < -0.39 is 0 Å². The molecule has 0 saturated heterocycles. The Morgan fingerprint density at radius 3 is 2.61 bits per heavy atom. The topological polar surface area (TPSA) is 21.3 Å². The minimum absolute atomic E-state index is 0.119. The molecule has 0 aromatic heterocycles. The summed E-state index contributed by atoms with van der Waals surface area (Å²) in [5, 5.41) is 4.40. The molecular weight excluding hydrogens is 269 g/mol. The normalized spacial score (nSPS) is 12.8. The molecule has 0 aliphatic heterocycles. The predicted octanol–water partition coefficient (Wildman–Crippen LogP) is 4.54. The molecule has 18 heavy (non-hydrogen) atoms. The van der Waals surface area contributed by atoms with Gasteiger partial charge >= 0.3 is 0 Å². The van der Waals surface area contributed by atoms with Crippen molar-refractivity contribution in [1.29, 1.82) is 0 Å². The van der Waals surface area contributed by atoms with Gasteiger partial charge in [0.25, 0.3) is 0 Å². The fraction of sp³-hybridized carbons (Fsp3) is 0.571. The van der Waals surface area contributed by atoms with E-state index in [4.69, 9.17) is 27.9 Å². The lowest BCUT2D eigenvalue weighted by molar-refractivity contribution is 0.183. The maximum atomic E-state index is 6.12. The van der Waals surface area contributed by atoms with Crippen LogP contribution in [0, 0.1) is 0 Å². The number of rotatable bonds is 7. The Kier molecular flexibility index (Phi) is 6.83. The van der Waals surface area contributed by atoms with Gasteiger partial charge in [-0.05, 0) is 18.6 Å². The van der Waals surface area contributed by atoms with E-state index in [0.29, 0.717) is 21.8 Å². The Hall–Kier alpha value is -0.440. The Labute approximate surface area is 120 Å². The van der Waals surface area contributed by atoms with Gasteiger partial charge in [0.2, 0.25) is 0 Å². The highest BCUT2D eigenvalue weighted by Gasteiger charge is 2.13. The maximum absolute atomic E-state index is 6.12. The standard InChI is InChI=1S/C14H21Cl2NO/c1-4-6-11(9-17-10(2)3)18-13-8-5-7-12(15)14(13)16/h5,7-8,10-11,17H,4,6,9H2,1-3H3. The van der Waals surface area contributed by atoms with Crippen LogP contribution in [0.25, 0.3) is 0 Å². The molecule has 0 heterocycles. The van der Waals surface area contributed by atoms with Gasteiger partial charge in [-0.25, -0.2) is 0 Å². The van der Waals surface area contributed by atoms with Crippen molar-refractivity contribution in [3.8, 4) is 5.75 Å². The average Bonchev–Trinajstić information content (AvgIpc) is 2.32. The van der Waals surface area contributed by atoms with Crippen LogP contribution in [0.15, 0.2) is 18.2 Å². The summed E-state index contributed by atoms with van der Waals surface area (Å²) in [6.45, 7) is 7.20. The van der Waals surface area contributed by atoms with Crippen molar-refractivity contribution >= 4 is 23.2 Å². The molecule has 102 valence electrons. The maximum Gasteiger partial charge on any atom is 0.139 e. The van der Waals surface area contributed by atoms with Crippen LogP contribution in [0.2, 0.25) is 10.0 Å². The largest absolute Gasteiger partial charge is 0.487 e. The van der Waals surface area contributed by atoms with Gasteiger partial charge < -0.3 is 10.1 Å². The van der Waals surface area contributed by atoms with E-state index in [-0.39, 0.29) is 6.10 Å². The first-order chi connectivity index (χ1) is 8.54. The molecule has 1 aromatic carbocycles. The van der Waals surface area contributed by atoms with Crippen molar-refractivity contribution in [1.82, 2.24) is 5.32 Å². The summed E-state index contributed by atoms with van der Waals surface area (Å²) in [7, 11) is 0. The molecule has 0 spiro atoms. The fourth-order valence-electron chi connectivity index (χ4n) is 1.65. The van der Waals surface area contributed by atoms with Crippen molar-refractivity contribution < 1.29 is 4.74 Å². The molecular formula is C14H21Cl2NO. The second-order valence-corrected chi connectivity index (χ2v) is 5.43. The van der Waals surface area contributed by atoms with Crippen LogP contribution in [0.4, 0.5) is 0 Å². The van der Waals surface area contributed by atoms with E-state index in [1.165, 1.54) is 0 Å². The lowest BCUT2D eigenvalue weighted by Gasteiger charge is -2.21. The zero-order chi connectivity index (χ0) is 13.5. The molecule has 1 N–H and O–H groups in total. The van der Waals surface area contributed by atoms with Crippen LogP contribution in [0.5, 0.6) is 5.75 Å². The molecule has 1 aromatic rings. The lowest BCUT2D eigenvalue weighted by Crippen LogP contribution is -2.35. The van der Waals surface area contributed by atoms with Crippen LogP contribution >= 0.6 is 23.2 Å². The minimum atomic E-state index is 0.119. The summed E-state index contributed by atoms with van der Waals surface area (Å²) in [4.78, 5) is 0. The van der Waals surface area contributed by atoms with Gasteiger partial charge in [-0.2, -0.15) is 0 Å². The first kappa shape index (κ1) is 15.6. The second-order valence-electron chi connectivity index (χ2n) is 4.64. The van der Waals surface area contributed by atoms with E-state index in [1.54, 1.807) is 6.07 Å². The third kappa shape index (κ3) is 5.05. The van der Waals surface area contributed by atoms with Gasteiger partial charge in [0.1, 0.15) is 16.9 Å². The quantitative estimate of drug-likeness (QED) is 0.796. The highest BCUT2D eigenvalue weighted by atomic mass is 35.5. The van der Waals surface area contributed by atoms with Crippen LogP contribution < -0.4 is 10.1 Å². The number of hydrogen-bond acceptors (Lipinski definition) is 2. The zero-order valence-electron chi connectivity index (χ0n) is 11.2. The van der Waals surface area contributed by atoms with Gasteiger partial charge in [-0.1, -0.05) is 56.5 Å². The molecule has 0 bridgehead atoms. The fourth-order valence-corrected chi connectivity index (χ4v) is 1.98. The van der Waals surface area contributed by atoms with Crippen molar-refractivity contribution in [2.24, 2.45) is 0 Å². The van der Waals surface area contributed by atoms with E-state index in [1.807, 2.05) is 12.1 Å². The summed E-state index contributed by atoms with van der Waals surface area (Å²) in [5.41, 5.74) is 0. The molecule has 2 nitrogen and oxygen atoms in total. The summed E-state index contributed by atoms with van der Waals surface area (Å²) < 4.78 is 5.94. The molecule has 0 saturated carbocycles. The number of nitrogens with one attached hydrogen (secondary N) is 1. The Balaban J connectivity index is 2.67. The molecule has 1 unspecified atom stereocenters. The average molecular weight is 290 g/mol. The number of ether oxygens (including phenoxy) is 1. The molecule has 0 aliphatic rings. The highest BCUT2D eigenvalue weighted by Crippen LogP contribution is 2.32. The van der Waals surface area contributed by atoms with Gasteiger partial charge in [-0.3, -0.25) is 0 Å². The second kappa shape index (κ2) is 7.88. The summed E-state index contributed by atoms with van der Waals surface area (Å²) >= 11 is 12.1. The van der Waals surface area contributed by atoms with Gasteiger partial charge in [0.05, 0.1) is 5.02 Å². The number of benzene rings is 1. The van der Waals surface area contributed by atoms with E-state index in [9.17, 15) is 0 Å². The number of hydrogen-bond donors (Lipinski definition) is 1. The Bertz CT molecular complexity index is 369. The van der Waals surface area contributed by atoms with Crippen LogP contribution in [0.1, 0.15) is 33.6 Å². The molecule has 0 aliphatic carbocycles. The van der Waals surface area contributed by atoms with Crippen molar-refractivity contribution in [3.63, 3.8) is 0 Å². The first-order valence-electron chi connectivity index (χ1n) is 6.38. The van der Waals surface area contributed by atoms with Crippen molar-refractivity contribution in [3.05, 3.63) is 28.2 Å². The van der Waals surface area contributed by atoms with E-state index >= 15 is 0 Å². The molecule has 1 rings (SSSR count). The molecule has 0 amide bonds. The van der Waals surface area contributed by atoms with Gasteiger partial charge in [0.15, 0.2) is 0 Å². The van der Waals surface area contributed by atoms with Crippen molar-refractivity contribution in [2.75, 3.05) is 6.54 Å². The SMILES string of the molecule is CCCC(CNC(C)C)Oc1cccc(Cl)c1Cl. The Morgan fingerprint density at radius 2 is 2.00 bits per heavy atom. The minimum Gasteiger partial charge on any atom is -0.487 e. The predicted molar refractivity (Wildman–Crippen MR) is 78.9 cm³/mol. The first-order valence-corrected chi connectivity index (χ1v) is 7.14. The third-order valence-corrected chi connectivity index (χ3v) is 3.38. The molecule has 4 heteroatoms. The summed E-state index contributed by atoms with van der Waals surface area (Å²) in [6.07, 6.45) is 2.18. The van der Waals surface area contributed by atoms with E-state index in [2.05, 4.69) is 26.1 Å². The molecule has 0 fully saturated rings. The van der Waals surface area contributed by atoms with Gasteiger partial charge in [-0.15, -0.1) is 0 Å². The third-order valence-electron chi connectivity index (χ3n) is 2.57. The zero-order valence-corrected chi connectivity index (χ0v) is 12.7. The summed E-state index contributed by atoms with van der Waals surface area (Å²) in [5.74, 6) is 0.660. The Morgan fingerprint density at radius 1 is 1.28 bits per heavy atom. The number of halogens is 2. The molecule has 0 radical (unpaired) electrons. The van der Waals surface area contributed by atoms with Crippen LogP contribution in [-0.2, 0) is 0 Å². The van der Waals surface area contributed by atoms with Gasteiger partial charge in [0, 0.05) is 12.6 Å². The molecule has 1 atom stereocenters. The van der Waals surface area contributed by atoms with Crippen LogP contribution in [-0.4, -0.2) is 18.7 Å². The van der Waals surface area contributed by atoms with E-state index in [0.717, 1.165) is 19.4 Å². The van der Waals surface area contributed by atoms with Crippen LogP contribution in [0.3, 0.4) is 0 Å². The monoisotopic (exact) mass is 289 g/mol. The highest BCUT2D eigenvalue weighted by molar-refractivity contribution is 6.42. The van der Waals surface area contributed by atoms with Crippen molar-refractivity contribution in [2.45, 2.75) is 45.8 Å². The summed E-state index contributed by atoms with van der Waals surface area (Å²) in [6, 6.07) is 5.91. The smallest absolute Gasteiger partial charge is 0.139 e.